The van der Waals surface area contributed by atoms with Crippen LogP contribution < -0.4 is 5.73 Å². The lowest BCUT2D eigenvalue weighted by molar-refractivity contribution is 0.691. The summed E-state index contributed by atoms with van der Waals surface area (Å²) in [5, 5.41) is 1.12. The highest BCUT2D eigenvalue weighted by atomic mass is 79.9. The standard InChI is InChI=1S/C15H14BrCl2N3/c16-12-13(8-3-1-2-4-8)20-15(21-14(12)19)10-6-5-9(17)7-11(10)18/h5-8H,1-4H2,(H2,19,20,21). The molecule has 21 heavy (non-hydrogen) atoms. The summed E-state index contributed by atoms with van der Waals surface area (Å²) in [6.07, 6.45) is 4.75. The molecule has 1 saturated carbocycles. The first-order valence-corrected chi connectivity index (χ1v) is 8.39. The first-order valence-electron chi connectivity index (χ1n) is 6.84. The monoisotopic (exact) mass is 385 g/mol. The lowest BCUT2D eigenvalue weighted by Gasteiger charge is -2.14. The Hall–Kier alpha value is -0.840. The SMILES string of the molecule is Nc1nc(-c2ccc(Cl)cc2Cl)nc(C2CCCC2)c1Br. The van der Waals surface area contributed by atoms with Gasteiger partial charge in [-0.3, -0.25) is 0 Å². The minimum atomic E-state index is 0.439. The summed E-state index contributed by atoms with van der Waals surface area (Å²) in [5.41, 5.74) is 7.78. The number of nitrogens with two attached hydrogens (primary N) is 1. The van der Waals surface area contributed by atoms with Crippen LogP contribution in [0.5, 0.6) is 0 Å². The largest absolute Gasteiger partial charge is 0.383 e. The van der Waals surface area contributed by atoms with E-state index >= 15 is 0 Å². The van der Waals surface area contributed by atoms with Gasteiger partial charge < -0.3 is 5.73 Å². The van der Waals surface area contributed by atoms with E-state index in [0.29, 0.717) is 27.6 Å². The molecule has 110 valence electrons. The van der Waals surface area contributed by atoms with Crippen molar-refractivity contribution in [3.63, 3.8) is 0 Å². The molecule has 2 N–H and O–H groups in total. The first-order chi connectivity index (χ1) is 10.1. The molecule has 0 bridgehead atoms. The second kappa shape index (κ2) is 6.11. The molecule has 0 aliphatic heterocycles. The fourth-order valence-corrected chi connectivity index (χ4v) is 3.74. The minimum Gasteiger partial charge on any atom is -0.383 e. The highest BCUT2D eigenvalue weighted by Crippen LogP contribution is 2.39. The van der Waals surface area contributed by atoms with Crippen LogP contribution in [-0.4, -0.2) is 9.97 Å². The molecule has 0 saturated heterocycles. The average molecular weight is 387 g/mol. The van der Waals surface area contributed by atoms with Crippen molar-refractivity contribution in [2.24, 2.45) is 0 Å². The zero-order chi connectivity index (χ0) is 15.0. The Balaban J connectivity index is 2.10. The van der Waals surface area contributed by atoms with Crippen LogP contribution in [0.1, 0.15) is 37.3 Å². The molecular formula is C15H14BrCl2N3. The number of hydrogen-bond acceptors (Lipinski definition) is 3. The van der Waals surface area contributed by atoms with E-state index in [9.17, 15) is 0 Å². The van der Waals surface area contributed by atoms with Gasteiger partial charge in [0.15, 0.2) is 5.82 Å². The zero-order valence-electron chi connectivity index (χ0n) is 11.2. The van der Waals surface area contributed by atoms with E-state index in [4.69, 9.17) is 33.9 Å². The molecule has 0 spiro atoms. The molecule has 0 atom stereocenters. The second-order valence-electron chi connectivity index (χ2n) is 5.24. The summed E-state index contributed by atoms with van der Waals surface area (Å²) < 4.78 is 0.809. The normalized spacial score (nSPS) is 15.6. The van der Waals surface area contributed by atoms with E-state index in [-0.39, 0.29) is 0 Å². The molecule has 0 amide bonds. The van der Waals surface area contributed by atoms with Crippen molar-refractivity contribution < 1.29 is 0 Å². The number of aromatic nitrogens is 2. The molecular weight excluding hydrogens is 373 g/mol. The third-order valence-electron chi connectivity index (χ3n) is 3.82. The Morgan fingerprint density at radius 2 is 1.86 bits per heavy atom. The summed E-state index contributed by atoms with van der Waals surface area (Å²) >= 11 is 15.7. The van der Waals surface area contributed by atoms with Crippen molar-refractivity contribution in [3.05, 3.63) is 38.4 Å². The number of rotatable bonds is 2. The molecule has 1 heterocycles. The van der Waals surface area contributed by atoms with Crippen molar-refractivity contribution >= 4 is 44.9 Å². The van der Waals surface area contributed by atoms with Crippen molar-refractivity contribution in [3.8, 4) is 11.4 Å². The maximum atomic E-state index is 6.25. The highest BCUT2D eigenvalue weighted by molar-refractivity contribution is 9.10. The molecule has 1 aliphatic carbocycles. The van der Waals surface area contributed by atoms with Crippen LogP contribution >= 0.6 is 39.1 Å². The number of anilines is 1. The molecule has 1 aliphatic rings. The van der Waals surface area contributed by atoms with Gasteiger partial charge in [0.1, 0.15) is 5.82 Å². The maximum absolute atomic E-state index is 6.25. The first kappa shape index (κ1) is 15.1. The van der Waals surface area contributed by atoms with Crippen LogP contribution in [-0.2, 0) is 0 Å². The van der Waals surface area contributed by atoms with E-state index in [1.807, 2.05) is 6.07 Å². The lowest BCUT2D eigenvalue weighted by Crippen LogP contribution is -2.06. The molecule has 6 heteroatoms. The van der Waals surface area contributed by atoms with Crippen LogP contribution in [0.25, 0.3) is 11.4 Å². The number of benzene rings is 1. The minimum absolute atomic E-state index is 0.439. The van der Waals surface area contributed by atoms with Gasteiger partial charge in [-0.05, 0) is 47.0 Å². The van der Waals surface area contributed by atoms with Crippen molar-refractivity contribution in [1.29, 1.82) is 0 Å². The summed E-state index contributed by atoms with van der Waals surface area (Å²) in [6, 6.07) is 5.29. The van der Waals surface area contributed by atoms with Gasteiger partial charge in [-0.2, -0.15) is 0 Å². The van der Waals surface area contributed by atoms with Gasteiger partial charge in [0, 0.05) is 16.5 Å². The van der Waals surface area contributed by atoms with Crippen molar-refractivity contribution in [2.75, 3.05) is 5.73 Å². The molecule has 1 aromatic heterocycles. The topological polar surface area (TPSA) is 51.8 Å². The number of hydrogen-bond donors (Lipinski definition) is 1. The molecule has 1 fully saturated rings. The van der Waals surface area contributed by atoms with E-state index in [2.05, 4.69) is 20.9 Å². The predicted molar refractivity (Wildman–Crippen MR) is 90.8 cm³/mol. The molecule has 1 aromatic carbocycles. The molecule has 0 radical (unpaired) electrons. The van der Waals surface area contributed by atoms with E-state index in [0.717, 1.165) is 28.6 Å². The van der Waals surface area contributed by atoms with Crippen LogP contribution in [0.3, 0.4) is 0 Å². The van der Waals surface area contributed by atoms with Gasteiger partial charge >= 0.3 is 0 Å². The molecule has 2 aromatic rings. The van der Waals surface area contributed by atoms with E-state index < -0.39 is 0 Å². The highest BCUT2D eigenvalue weighted by Gasteiger charge is 2.24. The Kier molecular flexibility index (Phi) is 4.38. The van der Waals surface area contributed by atoms with Gasteiger partial charge in [-0.1, -0.05) is 36.0 Å². The van der Waals surface area contributed by atoms with E-state index in [1.165, 1.54) is 12.8 Å². The average Bonchev–Trinajstić information content (AvgIpc) is 2.96. The Bertz CT molecular complexity index is 685. The molecule has 3 rings (SSSR count). The third-order valence-corrected chi connectivity index (χ3v) is 5.18. The summed E-state index contributed by atoms with van der Waals surface area (Å²) in [7, 11) is 0. The van der Waals surface area contributed by atoms with Crippen LogP contribution in [0, 0.1) is 0 Å². The summed E-state index contributed by atoms with van der Waals surface area (Å²) in [4.78, 5) is 9.07. The predicted octanol–water partition coefficient (Wildman–Crippen LogP) is 5.45. The number of halogens is 3. The van der Waals surface area contributed by atoms with Crippen molar-refractivity contribution in [2.45, 2.75) is 31.6 Å². The maximum Gasteiger partial charge on any atom is 0.163 e. The number of nitrogens with zero attached hydrogens (tertiary/aromatic N) is 2. The Morgan fingerprint density at radius 1 is 1.14 bits per heavy atom. The van der Waals surface area contributed by atoms with Crippen LogP contribution in [0.15, 0.2) is 22.7 Å². The summed E-state index contributed by atoms with van der Waals surface area (Å²) in [5.74, 6) is 1.45. The van der Waals surface area contributed by atoms with Gasteiger partial charge in [0.05, 0.1) is 15.2 Å². The second-order valence-corrected chi connectivity index (χ2v) is 6.87. The Morgan fingerprint density at radius 3 is 2.52 bits per heavy atom. The smallest absolute Gasteiger partial charge is 0.163 e. The van der Waals surface area contributed by atoms with Crippen molar-refractivity contribution in [1.82, 2.24) is 9.97 Å². The van der Waals surface area contributed by atoms with Gasteiger partial charge in [0.2, 0.25) is 0 Å². The zero-order valence-corrected chi connectivity index (χ0v) is 14.3. The van der Waals surface area contributed by atoms with Crippen LogP contribution in [0.2, 0.25) is 10.0 Å². The summed E-state index contributed by atoms with van der Waals surface area (Å²) in [6.45, 7) is 0. The van der Waals surface area contributed by atoms with E-state index in [1.54, 1.807) is 12.1 Å². The lowest BCUT2D eigenvalue weighted by atomic mass is 10.0. The third kappa shape index (κ3) is 3.03. The Labute approximate surface area is 142 Å². The number of nitrogen functional groups attached to an aromatic ring is 1. The van der Waals surface area contributed by atoms with Gasteiger partial charge in [-0.25, -0.2) is 9.97 Å². The van der Waals surface area contributed by atoms with Crippen LogP contribution in [0.4, 0.5) is 5.82 Å². The fourth-order valence-electron chi connectivity index (χ4n) is 2.74. The fraction of sp³-hybridized carbons (Fsp3) is 0.333. The quantitative estimate of drug-likeness (QED) is 0.746. The molecule has 0 unspecified atom stereocenters. The van der Waals surface area contributed by atoms with Gasteiger partial charge in [0.25, 0.3) is 0 Å². The molecule has 3 nitrogen and oxygen atoms in total. The van der Waals surface area contributed by atoms with Gasteiger partial charge in [-0.15, -0.1) is 0 Å².